The van der Waals surface area contributed by atoms with Crippen LogP contribution in [0.15, 0.2) is 18.2 Å². The third-order valence-corrected chi connectivity index (χ3v) is 3.01. The normalized spacial score (nSPS) is 26.0. The summed E-state index contributed by atoms with van der Waals surface area (Å²) in [4.78, 5) is 2.05. The Balaban J connectivity index is 2.31. The van der Waals surface area contributed by atoms with E-state index in [1.165, 1.54) is 6.07 Å². The van der Waals surface area contributed by atoms with E-state index < -0.39 is 0 Å². The van der Waals surface area contributed by atoms with Gasteiger partial charge in [0.15, 0.2) is 0 Å². The van der Waals surface area contributed by atoms with Gasteiger partial charge in [-0.25, -0.2) is 4.39 Å². The Morgan fingerprint density at radius 2 is 2.20 bits per heavy atom. The molecule has 2 rings (SSSR count). The van der Waals surface area contributed by atoms with Gasteiger partial charge in [-0.15, -0.1) is 0 Å². The molecule has 1 atom stereocenters. The molecule has 3 heteroatoms. The minimum atomic E-state index is -0.186. The molecule has 1 fully saturated rings. The smallest absolute Gasteiger partial charge is 0.146 e. The average Bonchev–Trinajstić information content (AvgIpc) is 2.46. The van der Waals surface area contributed by atoms with Crippen LogP contribution in [0.4, 0.5) is 10.1 Å². The van der Waals surface area contributed by atoms with Crippen molar-refractivity contribution in [3.8, 4) is 0 Å². The lowest BCUT2D eigenvalue weighted by Crippen LogP contribution is -2.39. The number of para-hydroxylation sites is 1. The fourth-order valence-corrected chi connectivity index (χ4v) is 2.20. The van der Waals surface area contributed by atoms with Crippen molar-refractivity contribution in [3.63, 3.8) is 0 Å². The Morgan fingerprint density at radius 3 is 2.73 bits per heavy atom. The molecule has 0 aromatic heterocycles. The summed E-state index contributed by atoms with van der Waals surface area (Å²) in [5.41, 5.74) is 7.55. The Bertz CT molecular complexity index is 354. The Hall–Kier alpha value is -1.09. The van der Waals surface area contributed by atoms with Crippen LogP contribution < -0.4 is 10.6 Å². The number of nitrogens with zero attached hydrogens (tertiary/aromatic N) is 1. The molecule has 0 radical (unpaired) electrons. The average molecular weight is 208 g/mol. The van der Waals surface area contributed by atoms with Crippen molar-refractivity contribution in [1.29, 1.82) is 0 Å². The number of anilines is 1. The van der Waals surface area contributed by atoms with Gasteiger partial charge in [-0.2, -0.15) is 0 Å². The molecule has 0 aliphatic carbocycles. The molecule has 2 nitrogen and oxygen atoms in total. The maximum Gasteiger partial charge on any atom is 0.146 e. The number of rotatable bonds is 1. The first kappa shape index (κ1) is 10.4. The monoisotopic (exact) mass is 208 g/mol. The van der Waals surface area contributed by atoms with Gasteiger partial charge in [0, 0.05) is 18.6 Å². The SMILES string of the molecule is Cc1cccc(F)c1N1CCC(C)(N)C1. The predicted molar refractivity (Wildman–Crippen MR) is 60.6 cm³/mol. The maximum atomic E-state index is 13.7. The fourth-order valence-electron chi connectivity index (χ4n) is 2.20. The first-order chi connectivity index (χ1) is 6.99. The van der Waals surface area contributed by atoms with Crippen LogP contribution >= 0.6 is 0 Å². The third kappa shape index (κ3) is 1.97. The summed E-state index contributed by atoms with van der Waals surface area (Å²) >= 11 is 0. The fraction of sp³-hybridized carbons (Fsp3) is 0.500. The summed E-state index contributed by atoms with van der Waals surface area (Å²) in [6, 6.07) is 5.19. The molecule has 1 saturated heterocycles. The van der Waals surface area contributed by atoms with E-state index in [0.717, 1.165) is 25.1 Å². The van der Waals surface area contributed by atoms with E-state index in [1.54, 1.807) is 6.07 Å². The third-order valence-electron chi connectivity index (χ3n) is 3.01. The zero-order valence-electron chi connectivity index (χ0n) is 9.26. The summed E-state index contributed by atoms with van der Waals surface area (Å²) in [5, 5.41) is 0. The number of benzene rings is 1. The molecule has 1 aliphatic heterocycles. The van der Waals surface area contributed by atoms with E-state index in [4.69, 9.17) is 5.73 Å². The summed E-state index contributed by atoms with van der Waals surface area (Å²) in [6.07, 6.45) is 0.917. The largest absolute Gasteiger partial charge is 0.367 e. The second-order valence-corrected chi connectivity index (χ2v) is 4.73. The number of aryl methyl sites for hydroxylation is 1. The highest BCUT2D eigenvalue weighted by Gasteiger charge is 2.31. The van der Waals surface area contributed by atoms with Crippen molar-refractivity contribution in [3.05, 3.63) is 29.6 Å². The summed E-state index contributed by atoms with van der Waals surface area (Å²) < 4.78 is 13.7. The van der Waals surface area contributed by atoms with Crippen molar-refractivity contribution in [2.75, 3.05) is 18.0 Å². The summed E-state index contributed by atoms with van der Waals surface area (Å²) in [7, 11) is 0. The lowest BCUT2D eigenvalue weighted by atomic mass is 10.0. The molecule has 1 unspecified atom stereocenters. The summed E-state index contributed by atoms with van der Waals surface area (Å²) in [5.74, 6) is -0.146. The zero-order chi connectivity index (χ0) is 11.1. The Kier molecular flexibility index (Phi) is 2.43. The zero-order valence-corrected chi connectivity index (χ0v) is 9.26. The molecule has 1 aliphatic rings. The van der Waals surface area contributed by atoms with E-state index in [0.29, 0.717) is 5.69 Å². The second-order valence-electron chi connectivity index (χ2n) is 4.73. The molecule has 15 heavy (non-hydrogen) atoms. The predicted octanol–water partition coefficient (Wildman–Crippen LogP) is 2.06. The highest BCUT2D eigenvalue weighted by molar-refractivity contribution is 5.55. The van der Waals surface area contributed by atoms with Gasteiger partial charge in [-0.3, -0.25) is 0 Å². The van der Waals surface area contributed by atoms with Gasteiger partial charge in [-0.05, 0) is 31.9 Å². The summed E-state index contributed by atoms with van der Waals surface area (Å²) in [6.45, 7) is 5.53. The molecule has 1 aromatic carbocycles. The van der Waals surface area contributed by atoms with Gasteiger partial charge in [0.05, 0.1) is 5.69 Å². The topological polar surface area (TPSA) is 29.3 Å². The molecular weight excluding hydrogens is 191 g/mol. The van der Waals surface area contributed by atoms with Crippen LogP contribution in [0.5, 0.6) is 0 Å². The van der Waals surface area contributed by atoms with Gasteiger partial charge in [0.2, 0.25) is 0 Å². The highest BCUT2D eigenvalue weighted by atomic mass is 19.1. The molecule has 0 spiro atoms. The molecule has 82 valence electrons. The first-order valence-electron chi connectivity index (χ1n) is 5.28. The molecule has 0 amide bonds. The number of halogens is 1. The number of nitrogens with two attached hydrogens (primary N) is 1. The lowest BCUT2D eigenvalue weighted by molar-refractivity contribution is 0.524. The van der Waals surface area contributed by atoms with Gasteiger partial charge in [0.25, 0.3) is 0 Å². The Labute approximate surface area is 89.9 Å². The van der Waals surface area contributed by atoms with Crippen LogP contribution in [0.3, 0.4) is 0 Å². The highest BCUT2D eigenvalue weighted by Crippen LogP contribution is 2.29. The van der Waals surface area contributed by atoms with Crippen molar-refractivity contribution in [2.45, 2.75) is 25.8 Å². The van der Waals surface area contributed by atoms with E-state index in [1.807, 2.05) is 24.8 Å². The molecule has 1 heterocycles. The van der Waals surface area contributed by atoms with Gasteiger partial charge >= 0.3 is 0 Å². The number of hydrogen-bond donors (Lipinski definition) is 1. The van der Waals surface area contributed by atoms with E-state index >= 15 is 0 Å². The van der Waals surface area contributed by atoms with Crippen molar-refractivity contribution >= 4 is 5.69 Å². The van der Waals surface area contributed by atoms with E-state index in [-0.39, 0.29) is 11.4 Å². The number of hydrogen-bond acceptors (Lipinski definition) is 2. The van der Waals surface area contributed by atoms with Crippen molar-refractivity contribution in [1.82, 2.24) is 0 Å². The standard InChI is InChI=1S/C12H17FN2/c1-9-4-3-5-10(13)11(9)15-7-6-12(2,14)8-15/h3-5H,6-8,14H2,1-2H3. The first-order valence-corrected chi connectivity index (χ1v) is 5.28. The minimum absolute atomic E-state index is 0.146. The molecule has 0 bridgehead atoms. The lowest BCUT2D eigenvalue weighted by Gasteiger charge is -2.23. The van der Waals surface area contributed by atoms with Crippen LogP contribution in [-0.2, 0) is 0 Å². The van der Waals surface area contributed by atoms with Crippen molar-refractivity contribution in [2.24, 2.45) is 5.73 Å². The molecular formula is C12H17FN2. The van der Waals surface area contributed by atoms with Crippen LogP contribution in [0, 0.1) is 12.7 Å². The maximum absolute atomic E-state index is 13.7. The molecule has 1 aromatic rings. The van der Waals surface area contributed by atoms with Gasteiger partial charge < -0.3 is 10.6 Å². The van der Waals surface area contributed by atoms with E-state index in [9.17, 15) is 4.39 Å². The van der Waals surface area contributed by atoms with Crippen molar-refractivity contribution < 1.29 is 4.39 Å². The van der Waals surface area contributed by atoms with Crippen LogP contribution in [0.25, 0.3) is 0 Å². The quantitative estimate of drug-likeness (QED) is 0.765. The van der Waals surface area contributed by atoms with Gasteiger partial charge in [0.1, 0.15) is 5.82 Å². The van der Waals surface area contributed by atoms with Crippen LogP contribution in [0.1, 0.15) is 18.9 Å². The second kappa shape index (κ2) is 3.49. The molecule has 2 N–H and O–H groups in total. The van der Waals surface area contributed by atoms with Crippen LogP contribution in [-0.4, -0.2) is 18.6 Å². The Morgan fingerprint density at radius 1 is 1.47 bits per heavy atom. The molecule has 0 saturated carbocycles. The van der Waals surface area contributed by atoms with E-state index in [2.05, 4.69) is 0 Å². The van der Waals surface area contributed by atoms with Crippen LogP contribution in [0.2, 0.25) is 0 Å². The van der Waals surface area contributed by atoms with Gasteiger partial charge in [-0.1, -0.05) is 12.1 Å². The minimum Gasteiger partial charge on any atom is -0.367 e.